The maximum absolute atomic E-state index is 13.0. The number of aryl methyl sites for hydroxylation is 2. The van der Waals surface area contributed by atoms with E-state index in [0.717, 1.165) is 33.5 Å². The van der Waals surface area contributed by atoms with Crippen molar-refractivity contribution in [3.63, 3.8) is 0 Å². The number of aromatic nitrogens is 2. The number of nitrogens with zero attached hydrogens (tertiary/aromatic N) is 2. The standard InChI is InChI=1S/C19H29N3O2S2/c1-7-8-12(4)20-15(23)10-25-19-21-17-16(13(5)14(6)26-17)18(24)22(19)9-11(2)3/h11-12H,7-10H2,1-6H3,(H,20,23)/t12-/m0/s1. The van der Waals surface area contributed by atoms with Crippen LogP contribution in [-0.2, 0) is 11.3 Å². The predicted octanol–water partition coefficient (Wildman–Crippen LogP) is 4.13. The summed E-state index contributed by atoms with van der Waals surface area (Å²) in [5.74, 6) is 0.581. The van der Waals surface area contributed by atoms with Crippen LogP contribution in [0.1, 0.15) is 51.0 Å². The van der Waals surface area contributed by atoms with Gasteiger partial charge in [0.15, 0.2) is 5.16 Å². The summed E-state index contributed by atoms with van der Waals surface area (Å²) >= 11 is 2.90. The van der Waals surface area contributed by atoms with E-state index in [1.807, 2.05) is 20.8 Å². The van der Waals surface area contributed by atoms with Crippen LogP contribution in [0, 0.1) is 19.8 Å². The zero-order valence-corrected chi connectivity index (χ0v) is 18.1. The fourth-order valence-electron chi connectivity index (χ4n) is 2.90. The Balaban J connectivity index is 2.30. The van der Waals surface area contributed by atoms with Gasteiger partial charge in [0.2, 0.25) is 5.91 Å². The first-order valence-electron chi connectivity index (χ1n) is 9.17. The van der Waals surface area contributed by atoms with Crippen molar-refractivity contribution in [2.75, 3.05) is 5.75 Å². The molecule has 0 aliphatic rings. The maximum atomic E-state index is 13.0. The Hall–Kier alpha value is -1.34. The van der Waals surface area contributed by atoms with Crippen LogP contribution in [0.15, 0.2) is 9.95 Å². The number of carbonyl (C=O) groups is 1. The SMILES string of the molecule is CCC[C@H](C)NC(=O)CSc1nc2sc(C)c(C)c2c(=O)n1CC(C)C. The first-order valence-corrected chi connectivity index (χ1v) is 11.0. The van der Waals surface area contributed by atoms with E-state index < -0.39 is 0 Å². The molecule has 0 fully saturated rings. The molecule has 0 aromatic carbocycles. The Morgan fingerprint density at radius 1 is 1.31 bits per heavy atom. The highest BCUT2D eigenvalue weighted by molar-refractivity contribution is 7.99. The first kappa shape index (κ1) is 21.0. The Bertz CT molecular complexity index is 839. The third-order valence-corrected chi connectivity index (χ3v) is 6.34. The Kier molecular flexibility index (Phi) is 7.29. The number of fused-ring (bicyclic) bond motifs is 1. The van der Waals surface area contributed by atoms with Crippen molar-refractivity contribution in [1.82, 2.24) is 14.9 Å². The highest BCUT2D eigenvalue weighted by atomic mass is 32.2. The molecule has 0 saturated heterocycles. The minimum atomic E-state index is -0.0140. The third-order valence-electron chi connectivity index (χ3n) is 4.26. The molecule has 1 N–H and O–H groups in total. The lowest BCUT2D eigenvalue weighted by atomic mass is 10.2. The van der Waals surface area contributed by atoms with Crippen LogP contribution in [0.25, 0.3) is 10.2 Å². The maximum Gasteiger partial charge on any atom is 0.263 e. The largest absolute Gasteiger partial charge is 0.353 e. The number of thiophene rings is 1. The molecule has 2 aromatic heterocycles. The molecular weight excluding hydrogens is 366 g/mol. The number of carbonyl (C=O) groups excluding carboxylic acids is 1. The first-order chi connectivity index (χ1) is 12.2. The van der Waals surface area contributed by atoms with Crippen LogP contribution in [0.3, 0.4) is 0 Å². The number of rotatable bonds is 8. The molecule has 0 unspecified atom stereocenters. The van der Waals surface area contributed by atoms with Crippen molar-refractivity contribution in [3.05, 3.63) is 20.8 Å². The van der Waals surface area contributed by atoms with E-state index >= 15 is 0 Å². The summed E-state index contributed by atoms with van der Waals surface area (Å²) in [6, 6.07) is 0.170. The van der Waals surface area contributed by atoms with Gasteiger partial charge in [-0.1, -0.05) is 39.0 Å². The number of hydrogen-bond acceptors (Lipinski definition) is 5. The molecule has 26 heavy (non-hydrogen) atoms. The second-order valence-corrected chi connectivity index (χ2v) is 9.36. The van der Waals surface area contributed by atoms with Crippen molar-refractivity contribution in [1.29, 1.82) is 0 Å². The van der Waals surface area contributed by atoms with Crippen molar-refractivity contribution >= 4 is 39.2 Å². The topological polar surface area (TPSA) is 64.0 Å². The Labute approximate surface area is 163 Å². The summed E-state index contributed by atoms with van der Waals surface area (Å²) in [6.07, 6.45) is 2.00. The molecular formula is C19H29N3O2S2. The zero-order valence-electron chi connectivity index (χ0n) is 16.5. The second kappa shape index (κ2) is 9.04. The lowest BCUT2D eigenvalue weighted by molar-refractivity contribution is -0.119. The van der Waals surface area contributed by atoms with Gasteiger partial charge in [-0.3, -0.25) is 14.2 Å². The van der Waals surface area contributed by atoms with E-state index in [1.165, 1.54) is 11.8 Å². The molecule has 0 aliphatic carbocycles. The molecule has 2 aromatic rings. The monoisotopic (exact) mass is 395 g/mol. The van der Waals surface area contributed by atoms with Gasteiger partial charge in [0.1, 0.15) is 4.83 Å². The predicted molar refractivity (Wildman–Crippen MR) is 111 cm³/mol. The minimum Gasteiger partial charge on any atom is -0.353 e. The molecule has 0 aliphatic heterocycles. The van der Waals surface area contributed by atoms with Crippen molar-refractivity contribution in [2.24, 2.45) is 5.92 Å². The van der Waals surface area contributed by atoms with E-state index in [-0.39, 0.29) is 23.3 Å². The molecule has 0 bridgehead atoms. The average molecular weight is 396 g/mol. The molecule has 2 rings (SSSR count). The van der Waals surface area contributed by atoms with E-state index in [4.69, 9.17) is 4.98 Å². The second-order valence-electron chi connectivity index (χ2n) is 7.21. The molecule has 1 amide bonds. The van der Waals surface area contributed by atoms with Gasteiger partial charge in [-0.25, -0.2) is 4.98 Å². The van der Waals surface area contributed by atoms with Gasteiger partial charge >= 0.3 is 0 Å². The van der Waals surface area contributed by atoms with Gasteiger partial charge in [-0.15, -0.1) is 11.3 Å². The molecule has 5 nitrogen and oxygen atoms in total. The van der Waals surface area contributed by atoms with Crippen LogP contribution < -0.4 is 10.9 Å². The quantitative estimate of drug-likeness (QED) is 0.539. The van der Waals surface area contributed by atoms with Crippen molar-refractivity contribution in [3.8, 4) is 0 Å². The third kappa shape index (κ3) is 4.88. The van der Waals surface area contributed by atoms with Gasteiger partial charge in [-0.2, -0.15) is 0 Å². The molecule has 7 heteroatoms. The van der Waals surface area contributed by atoms with Crippen LogP contribution >= 0.6 is 23.1 Å². The van der Waals surface area contributed by atoms with Gasteiger partial charge in [0, 0.05) is 17.5 Å². The van der Waals surface area contributed by atoms with Crippen LogP contribution in [0.2, 0.25) is 0 Å². The lowest BCUT2D eigenvalue weighted by Gasteiger charge is -2.15. The molecule has 1 atom stereocenters. The fourth-order valence-corrected chi connectivity index (χ4v) is 4.79. The minimum absolute atomic E-state index is 0.00723. The van der Waals surface area contributed by atoms with Crippen molar-refractivity contribution in [2.45, 2.75) is 72.1 Å². The highest BCUT2D eigenvalue weighted by Crippen LogP contribution is 2.28. The van der Waals surface area contributed by atoms with Crippen LogP contribution in [0.5, 0.6) is 0 Å². The lowest BCUT2D eigenvalue weighted by Crippen LogP contribution is -2.34. The number of nitrogens with one attached hydrogen (secondary N) is 1. The molecule has 0 saturated carbocycles. The zero-order chi connectivity index (χ0) is 19.4. The van der Waals surface area contributed by atoms with E-state index in [0.29, 0.717) is 17.6 Å². The normalized spacial score (nSPS) is 12.7. The number of hydrogen-bond donors (Lipinski definition) is 1. The summed E-state index contributed by atoms with van der Waals surface area (Å²) in [5, 5.41) is 4.36. The van der Waals surface area contributed by atoms with Crippen LogP contribution in [0.4, 0.5) is 0 Å². The molecule has 0 radical (unpaired) electrons. The smallest absolute Gasteiger partial charge is 0.263 e. The Morgan fingerprint density at radius 2 is 2.00 bits per heavy atom. The average Bonchev–Trinajstić information content (AvgIpc) is 2.83. The van der Waals surface area contributed by atoms with Gasteiger partial charge in [0.25, 0.3) is 5.56 Å². The summed E-state index contributed by atoms with van der Waals surface area (Å²) in [5.41, 5.74) is 1.02. The molecule has 144 valence electrons. The number of thioether (sulfide) groups is 1. The Morgan fingerprint density at radius 3 is 2.62 bits per heavy atom. The van der Waals surface area contributed by atoms with E-state index in [2.05, 4.69) is 26.1 Å². The van der Waals surface area contributed by atoms with Gasteiger partial charge < -0.3 is 5.32 Å². The molecule has 0 spiro atoms. The van der Waals surface area contributed by atoms with Crippen LogP contribution in [-0.4, -0.2) is 27.3 Å². The summed E-state index contributed by atoms with van der Waals surface area (Å²) in [4.78, 5) is 31.9. The summed E-state index contributed by atoms with van der Waals surface area (Å²) < 4.78 is 1.74. The van der Waals surface area contributed by atoms with E-state index in [1.54, 1.807) is 15.9 Å². The van der Waals surface area contributed by atoms with E-state index in [9.17, 15) is 9.59 Å². The summed E-state index contributed by atoms with van der Waals surface area (Å²) in [6.45, 7) is 12.9. The van der Waals surface area contributed by atoms with Crippen molar-refractivity contribution < 1.29 is 4.79 Å². The van der Waals surface area contributed by atoms with Gasteiger partial charge in [-0.05, 0) is 38.7 Å². The van der Waals surface area contributed by atoms with Gasteiger partial charge in [0.05, 0.1) is 11.1 Å². The fraction of sp³-hybridized carbons (Fsp3) is 0.632. The molecule has 2 heterocycles. The highest BCUT2D eigenvalue weighted by Gasteiger charge is 2.18. The summed E-state index contributed by atoms with van der Waals surface area (Å²) in [7, 11) is 0. The number of amides is 1.